The second-order valence-corrected chi connectivity index (χ2v) is 7.70. The van der Waals surface area contributed by atoms with Gasteiger partial charge in [0, 0.05) is 7.05 Å². The van der Waals surface area contributed by atoms with E-state index in [9.17, 15) is 4.79 Å². The normalized spacial score (nSPS) is 10.7. The minimum Gasteiger partial charge on any atom is -0.365 e. The van der Waals surface area contributed by atoms with E-state index in [2.05, 4.69) is 29.9 Å². The van der Waals surface area contributed by atoms with Crippen LogP contribution >= 0.6 is 0 Å². The molecular formula is C5H14N2OSi. The molecule has 0 aromatic rings. The van der Waals surface area contributed by atoms with Crippen LogP contribution in [-0.4, -0.2) is 21.3 Å². The Kier molecular flexibility index (Phi) is 2.70. The molecule has 0 rings (SSSR count). The van der Waals surface area contributed by atoms with Gasteiger partial charge >= 0.3 is 6.03 Å². The van der Waals surface area contributed by atoms with Crippen LogP contribution in [0.15, 0.2) is 0 Å². The third-order valence-electron chi connectivity index (χ3n) is 0.716. The van der Waals surface area contributed by atoms with E-state index in [1.54, 1.807) is 7.05 Å². The van der Waals surface area contributed by atoms with Gasteiger partial charge in [-0.2, -0.15) is 0 Å². The predicted molar refractivity (Wildman–Crippen MR) is 40.9 cm³/mol. The highest BCUT2D eigenvalue weighted by Crippen LogP contribution is 1.92. The van der Waals surface area contributed by atoms with Crippen molar-refractivity contribution in [2.75, 3.05) is 7.05 Å². The second kappa shape index (κ2) is 2.86. The minimum atomic E-state index is -1.40. The minimum absolute atomic E-state index is 0.0748. The first-order chi connectivity index (χ1) is 3.95. The molecule has 0 atom stereocenters. The molecule has 0 saturated carbocycles. The molecule has 0 aliphatic carbocycles. The first-order valence-corrected chi connectivity index (χ1v) is 6.45. The molecule has 0 unspecified atom stereocenters. The molecule has 4 heteroatoms. The van der Waals surface area contributed by atoms with Gasteiger partial charge in [-0.25, -0.2) is 4.79 Å². The second-order valence-electron chi connectivity index (χ2n) is 2.95. The molecule has 2 amide bonds. The van der Waals surface area contributed by atoms with Crippen LogP contribution < -0.4 is 10.3 Å². The van der Waals surface area contributed by atoms with Crippen LogP contribution in [-0.2, 0) is 0 Å². The summed E-state index contributed by atoms with van der Waals surface area (Å²) in [4.78, 5) is 13.5. The van der Waals surface area contributed by atoms with E-state index < -0.39 is 8.24 Å². The summed E-state index contributed by atoms with van der Waals surface area (Å²) < 4.78 is 0. The highest BCUT2D eigenvalue weighted by molar-refractivity contribution is 6.75. The number of hydrogen-bond donors (Lipinski definition) is 2. The Morgan fingerprint density at radius 1 is 1.33 bits per heavy atom. The lowest BCUT2D eigenvalue weighted by atomic mass is 11.0. The van der Waals surface area contributed by atoms with Gasteiger partial charge in [0.2, 0.25) is 0 Å². The first kappa shape index (κ1) is 8.49. The number of carbonyl (C=O) groups excluding carboxylic acids is 1. The molecule has 0 aliphatic heterocycles. The summed E-state index contributed by atoms with van der Waals surface area (Å²) in [5.74, 6) is 0. The fourth-order valence-electron chi connectivity index (χ4n) is 0.403. The van der Waals surface area contributed by atoms with Crippen LogP contribution in [0, 0.1) is 0 Å². The standard InChI is InChI=1S/C5H14N2OSi/c1-6-5(8)7-9(2,3)4/h1-4H3,(H2,6,7,8). The van der Waals surface area contributed by atoms with Gasteiger partial charge < -0.3 is 10.3 Å². The van der Waals surface area contributed by atoms with Gasteiger partial charge in [0.1, 0.15) is 8.24 Å². The molecule has 2 N–H and O–H groups in total. The third-order valence-corrected chi connectivity index (χ3v) is 1.69. The van der Waals surface area contributed by atoms with Gasteiger partial charge in [-0.3, -0.25) is 0 Å². The quantitative estimate of drug-likeness (QED) is 0.527. The number of carbonyl (C=O) groups is 1. The number of urea groups is 1. The van der Waals surface area contributed by atoms with E-state index in [0.717, 1.165) is 0 Å². The van der Waals surface area contributed by atoms with Crippen molar-refractivity contribution in [3.8, 4) is 0 Å². The van der Waals surface area contributed by atoms with Gasteiger partial charge in [0.15, 0.2) is 0 Å². The Balaban J connectivity index is 3.60. The van der Waals surface area contributed by atoms with E-state index in [1.807, 2.05) is 0 Å². The molecular weight excluding hydrogens is 132 g/mol. The van der Waals surface area contributed by atoms with E-state index in [1.165, 1.54) is 0 Å². The van der Waals surface area contributed by atoms with Crippen LogP contribution in [0.25, 0.3) is 0 Å². The Labute approximate surface area is 56.9 Å². The molecule has 0 bridgehead atoms. The van der Waals surface area contributed by atoms with Crippen molar-refractivity contribution in [3.05, 3.63) is 0 Å². The van der Waals surface area contributed by atoms with Crippen molar-refractivity contribution >= 4 is 14.3 Å². The Morgan fingerprint density at radius 3 is 1.89 bits per heavy atom. The lowest BCUT2D eigenvalue weighted by Gasteiger charge is -2.16. The largest absolute Gasteiger partial charge is 0.365 e. The van der Waals surface area contributed by atoms with Crippen LogP contribution in [0.5, 0.6) is 0 Å². The van der Waals surface area contributed by atoms with E-state index >= 15 is 0 Å². The molecule has 54 valence electrons. The lowest BCUT2D eigenvalue weighted by Crippen LogP contribution is -2.49. The summed E-state index contributed by atoms with van der Waals surface area (Å²) in [5.41, 5.74) is 0. The highest BCUT2D eigenvalue weighted by Gasteiger charge is 2.14. The number of amides is 2. The van der Waals surface area contributed by atoms with Crippen molar-refractivity contribution < 1.29 is 4.79 Å². The topological polar surface area (TPSA) is 41.1 Å². The molecule has 0 heterocycles. The zero-order valence-electron chi connectivity index (χ0n) is 6.41. The summed E-state index contributed by atoms with van der Waals surface area (Å²) in [6.07, 6.45) is 0. The molecule has 0 saturated heterocycles. The van der Waals surface area contributed by atoms with Crippen LogP contribution in [0.4, 0.5) is 4.79 Å². The smallest absolute Gasteiger partial charge is 0.306 e. The van der Waals surface area contributed by atoms with Crippen LogP contribution in [0.1, 0.15) is 0 Å². The maximum atomic E-state index is 10.6. The Bertz CT molecular complexity index is 108. The molecule has 0 radical (unpaired) electrons. The molecule has 0 spiro atoms. The number of hydrogen-bond acceptors (Lipinski definition) is 1. The molecule has 0 fully saturated rings. The van der Waals surface area contributed by atoms with E-state index in [4.69, 9.17) is 0 Å². The van der Waals surface area contributed by atoms with Gasteiger partial charge in [0.05, 0.1) is 0 Å². The SMILES string of the molecule is CNC(=O)N[Si](C)(C)C. The fraction of sp³-hybridized carbons (Fsp3) is 0.800. The van der Waals surface area contributed by atoms with Crippen molar-refractivity contribution in [1.29, 1.82) is 0 Å². The summed E-state index contributed by atoms with van der Waals surface area (Å²) in [7, 11) is 0.217. The zero-order valence-corrected chi connectivity index (χ0v) is 7.41. The van der Waals surface area contributed by atoms with E-state index in [0.29, 0.717) is 0 Å². The van der Waals surface area contributed by atoms with Crippen LogP contribution in [0.2, 0.25) is 19.6 Å². The predicted octanol–water partition coefficient (Wildman–Crippen LogP) is 0.750. The highest BCUT2D eigenvalue weighted by atomic mass is 28.3. The maximum Gasteiger partial charge on any atom is 0.306 e. The third kappa shape index (κ3) is 5.36. The Hall–Kier alpha value is -0.513. The average molecular weight is 146 g/mol. The average Bonchev–Trinajstić information content (AvgIpc) is 1.62. The molecule has 9 heavy (non-hydrogen) atoms. The molecule has 0 aromatic carbocycles. The van der Waals surface area contributed by atoms with Gasteiger partial charge in [-0.05, 0) is 0 Å². The van der Waals surface area contributed by atoms with Gasteiger partial charge in [-0.1, -0.05) is 19.6 Å². The number of nitrogens with one attached hydrogen (secondary N) is 2. The zero-order chi connectivity index (χ0) is 7.49. The van der Waals surface area contributed by atoms with Gasteiger partial charge in [0.25, 0.3) is 0 Å². The fourth-order valence-corrected chi connectivity index (χ4v) is 1.21. The number of rotatable bonds is 1. The molecule has 0 aromatic heterocycles. The van der Waals surface area contributed by atoms with Crippen molar-refractivity contribution in [2.45, 2.75) is 19.6 Å². The summed E-state index contributed by atoms with van der Waals surface area (Å²) in [6, 6.07) is -0.0748. The van der Waals surface area contributed by atoms with E-state index in [-0.39, 0.29) is 6.03 Å². The summed E-state index contributed by atoms with van der Waals surface area (Å²) in [5, 5.41) is 2.51. The molecule has 3 nitrogen and oxygen atoms in total. The summed E-state index contributed by atoms with van der Waals surface area (Å²) in [6.45, 7) is 6.22. The maximum absolute atomic E-state index is 10.6. The monoisotopic (exact) mass is 146 g/mol. The summed E-state index contributed by atoms with van der Waals surface area (Å²) >= 11 is 0. The van der Waals surface area contributed by atoms with Crippen molar-refractivity contribution in [1.82, 2.24) is 10.3 Å². The van der Waals surface area contributed by atoms with Crippen molar-refractivity contribution in [2.24, 2.45) is 0 Å². The first-order valence-electron chi connectivity index (χ1n) is 2.95. The van der Waals surface area contributed by atoms with Gasteiger partial charge in [-0.15, -0.1) is 0 Å². The lowest BCUT2D eigenvalue weighted by molar-refractivity contribution is 0.247. The van der Waals surface area contributed by atoms with Crippen molar-refractivity contribution in [3.63, 3.8) is 0 Å². The molecule has 0 aliphatic rings. The Morgan fingerprint density at radius 2 is 1.78 bits per heavy atom. The van der Waals surface area contributed by atoms with Crippen LogP contribution in [0.3, 0.4) is 0 Å².